The number of para-hydroxylation sites is 1. The van der Waals surface area contributed by atoms with Gasteiger partial charge in [0, 0.05) is 37.5 Å². The Morgan fingerprint density at radius 1 is 1.13 bits per heavy atom. The van der Waals surface area contributed by atoms with Gasteiger partial charge in [0.1, 0.15) is 0 Å². The van der Waals surface area contributed by atoms with Gasteiger partial charge in [0.15, 0.2) is 5.96 Å². The van der Waals surface area contributed by atoms with Crippen molar-refractivity contribution in [3.63, 3.8) is 0 Å². The minimum Gasteiger partial charge on any atom is -0.370 e. The maximum Gasteiger partial charge on any atom is 0.264 e. The van der Waals surface area contributed by atoms with Crippen LogP contribution in [-0.2, 0) is 25.8 Å². The van der Waals surface area contributed by atoms with Crippen molar-refractivity contribution < 1.29 is 16.8 Å². The molecule has 0 aliphatic rings. The van der Waals surface area contributed by atoms with Crippen LogP contribution in [0.2, 0.25) is 5.02 Å². The number of nitrogens with zero attached hydrogens (tertiary/aromatic N) is 4. The number of anilines is 1. The van der Waals surface area contributed by atoms with E-state index in [0.717, 1.165) is 16.1 Å². The number of benzene rings is 2. The van der Waals surface area contributed by atoms with Crippen LogP contribution in [0.15, 0.2) is 73.7 Å². The molecule has 0 fully saturated rings. The number of hydrogen-bond acceptors (Lipinski definition) is 9. The van der Waals surface area contributed by atoms with Gasteiger partial charge in [-0.2, -0.15) is 16.8 Å². The van der Waals surface area contributed by atoms with Crippen molar-refractivity contribution in [3.8, 4) is 0 Å². The number of guanidine groups is 2. The van der Waals surface area contributed by atoms with Crippen LogP contribution in [0.1, 0.15) is 5.69 Å². The number of thiazole rings is 1. The number of aromatic nitrogens is 1. The summed E-state index contributed by atoms with van der Waals surface area (Å²) in [6, 6.07) is 11.5. The Morgan fingerprint density at radius 2 is 1.85 bits per heavy atom. The second-order valence-electron chi connectivity index (χ2n) is 7.71. The van der Waals surface area contributed by atoms with E-state index in [1.165, 1.54) is 43.6 Å². The molecule has 3 rings (SSSR count). The molecule has 0 spiro atoms. The van der Waals surface area contributed by atoms with Crippen molar-refractivity contribution >= 4 is 77.5 Å². The van der Waals surface area contributed by atoms with Gasteiger partial charge >= 0.3 is 0 Å². The first-order valence-electron chi connectivity index (χ1n) is 11.1. The van der Waals surface area contributed by atoms with Gasteiger partial charge in [0.05, 0.1) is 26.2 Å². The Morgan fingerprint density at radius 3 is 2.54 bits per heavy atom. The zero-order valence-electron chi connectivity index (χ0n) is 20.9. The lowest BCUT2D eigenvalue weighted by Crippen LogP contribution is -2.41. The molecular weight excluding hydrogens is 604 g/mol. The summed E-state index contributed by atoms with van der Waals surface area (Å²) in [4.78, 5) is 11.7. The van der Waals surface area contributed by atoms with Crippen LogP contribution in [0.4, 0.5) is 10.8 Å². The number of halogens is 1. The molecule has 0 aliphatic heterocycles. The van der Waals surface area contributed by atoms with E-state index in [1.54, 1.807) is 36.0 Å². The highest BCUT2D eigenvalue weighted by molar-refractivity contribution is 7.98. The van der Waals surface area contributed by atoms with Gasteiger partial charge in [-0.25, -0.2) is 26.5 Å². The third kappa shape index (κ3) is 8.22. The Kier molecular flexibility index (Phi) is 10.4. The fourth-order valence-corrected chi connectivity index (χ4v) is 7.37. The van der Waals surface area contributed by atoms with Crippen LogP contribution < -0.4 is 25.8 Å². The smallest absolute Gasteiger partial charge is 0.264 e. The molecule has 210 valence electrons. The molecule has 0 amide bonds. The summed E-state index contributed by atoms with van der Waals surface area (Å²) in [5, 5.41) is 5.50. The maximum atomic E-state index is 13.2. The number of hydrogen-bond donors (Lipinski definition) is 4. The van der Waals surface area contributed by atoms with Crippen LogP contribution in [-0.4, -0.2) is 60.1 Å². The molecule has 1 heterocycles. The fraction of sp³-hybridized carbons (Fsp3) is 0.227. The molecule has 39 heavy (non-hydrogen) atoms. The standard InChI is InChI=1S/C22H27ClN8O4S4/c1-26-21(27-10-11-36-13-15-14-37-22(28-15)29-20(24)25)30-38(32,33)16-6-5-7-17(12-16)39(34,35)31(2)19-9-4-3-8-18(19)23/h3-9,12,14H,10-11,13H2,1-2H3,(H2,26,27,30)(H4,24,25,28,29). The monoisotopic (exact) mass is 630 g/mol. The molecule has 2 aromatic carbocycles. The van der Waals surface area contributed by atoms with E-state index in [2.05, 4.69) is 25.0 Å². The maximum absolute atomic E-state index is 13.2. The van der Waals surface area contributed by atoms with E-state index in [-0.39, 0.29) is 32.4 Å². The van der Waals surface area contributed by atoms with E-state index in [0.29, 0.717) is 23.2 Å². The molecule has 0 atom stereocenters. The Bertz CT molecular complexity index is 1570. The molecule has 17 heteroatoms. The third-order valence-electron chi connectivity index (χ3n) is 4.97. The number of rotatable bonds is 11. The first-order chi connectivity index (χ1) is 18.4. The first-order valence-corrected chi connectivity index (χ1v) is 16.5. The summed E-state index contributed by atoms with van der Waals surface area (Å²) in [6.07, 6.45) is 0. The van der Waals surface area contributed by atoms with Crippen molar-refractivity contribution in [1.29, 1.82) is 0 Å². The van der Waals surface area contributed by atoms with Gasteiger partial charge < -0.3 is 16.8 Å². The van der Waals surface area contributed by atoms with Crippen LogP contribution in [0.3, 0.4) is 0 Å². The lowest BCUT2D eigenvalue weighted by molar-refractivity contribution is 0.590. The quantitative estimate of drug-likeness (QED) is 0.140. The van der Waals surface area contributed by atoms with Crippen molar-refractivity contribution in [2.24, 2.45) is 21.5 Å². The summed E-state index contributed by atoms with van der Waals surface area (Å²) in [7, 11) is -5.47. The first kappa shape index (κ1) is 30.5. The Labute approximate surface area is 240 Å². The SMILES string of the molecule is CN=C(NCCSCc1csc(N=C(N)N)n1)NS(=O)(=O)c1cccc(S(=O)(=O)N(C)c2ccccc2Cl)c1. The van der Waals surface area contributed by atoms with Crippen LogP contribution in [0, 0.1) is 0 Å². The average molecular weight is 631 g/mol. The van der Waals surface area contributed by atoms with Crippen LogP contribution >= 0.6 is 34.7 Å². The predicted octanol–water partition coefficient (Wildman–Crippen LogP) is 2.31. The lowest BCUT2D eigenvalue weighted by Gasteiger charge is -2.21. The van der Waals surface area contributed by atoms with E-state index in [9.17, 15) is 16.8 Å². The molecule has 0 saturated heterocycles. The second-order valence-corrected chi connectivity index (χ2v) is 13.7. The van der Waals surface area contributed by atoms with E-state index < -0.39 is 20.0 Å². The molecule has 0 aliphatic carbocycles. The third-order valence-corrected chi connectivity index (χ3v) is 10.2. The summed E-state index contributed by atoms with van der Waals surface area (Å²) >= 11 is 9.05. The van der Waals surface area contributed by atoms with Gasteiger partial charge in [-0.3, -0.25) is 9.30 Å². The molecule has 3 aromatic rings. The summed E-state index contributed by atoms with van der Waals surface area (Å²) < 4.78 is 55.8. The molecule has 0 saturated carbocycles. The number of nitrogens with two attached hydrogens (primary N) is 2. The number of aliphatic imine (C=N–C) groups is 2. The van der Waals surface area contributed by atoms with Gasteiger partial charge in [0.25, 0.3) is 20.0 Å². The molecule has 12 nitrogen and oxygen atoms in total. The topological polar surface area (TPSA) is 185 Å². The van der Waals surface area contributed by atoms with E-state index in [1.807, 2.05) is 5.38 Å². The number of sulfonamides is 2. The summed E-state index contributed by atoms with van der Waals surface area (Å²) in [5.74, 6) is 1.20. The zero-order valence-corrected chi connectivity index (χ0v) is 24.9. The highest BCUT2D eigenvalue weighted by Gasteiger charge is 2.25. The highest BCUT2D eigenvalue weighted by Crippen LogP contribution is 2.29. The molecule has 0 bridgehead atoms. The van der Waals surface area contributed by atoms with Gasteiger partial charge in [0.2, 0.25) is 11.1 Å². The van der Waals surface area contributed by atoms with Crippen LogP contribution in [0.5, 0.6) is 0 Å². The van der Waals surface area contributed by atoms with Gasteiger partial charge in [-0.15, -0.1) is 11.3 Å². The van der Waals surface area contributed by atoms with Gasteiger partial charge in [-0.05, 0) is 30.3 Å². The normalized spacial score (nSPS) is 12.1. The zero-order chi connectivity index (χ0) is 28.6. The minimum absolute atomic E-state index is 0.0146. The van der Waals surface area contributed by atoms with Gasteiger partial charge in [-0.1, -0.05) is 29.8 Å². The molecular formula is C22H27ClN8O4S4. The number of nitrogens with one attached hydrogen (secondary N) is 2. The largest absolute Gasteiger partial charge is 0.370 e. The Balaban J connectivity index is 1.61. The van der Waals surface area contributed by atoms with Crippen molar-refractivity contribution in [2.45, 2.75) is 15.5 Å². The molecule has 1 aromatic heterocycles. The summed E-state index contributed by atoms with van der Waals surface area (Å²) in [6.45, 7) is 0.405. The van der Waals surface area contributed by atoms with Crippen LogP contribution in [0.25, 0.3) is 0 Å². The van der Waals surface area contributed by atoms with E-state index >= 15 is 0 Å². The molecule has 6 N–H and O–H groups in total. The van der Waals surface area contributed by atoms with Crippen molar-refractivity contribution in [1.82, 2.24) is 15.0 Å². The minimum atomic E-state index is -4.15. The molecule has 0 unspecified atom stereocenters. The fourth-order valence-electron chi connectivity index (χ4n) is 3.09. The van der Waals surface area contributed by atoms with E-state index in [4.69, 9.17) is 23.1 Å². The summed E-state index contributed by atoms with van der Waals surface area (Å²) in [5.41, 5.74) is 11.8. The van der Waals surface area contributed by atoms with Crippen molar-refractivity contribution in [2.75, 3.05) is 30.7 Å². The Hall–Kier alpha value is -3.05. The molecule has 0 radical (unpaired) electrons. The number of thioether (sulfide) groups is 1. The second kappa shape index (κ2) is 13.3. The lowest BCUT2D eigenvalue weighted by atomic mass is 10.3. The van der Waals surface area contributed by atoms with Crippen molar-refractivity contribution in [3.05, 3.63) is 64.6 Å². The highest BCUT2D eigenvalue weighted by atomic mass is 35.5. The average Bonchev–Trinajstić information content (AvgIpc) is 3.34. The predicted molar refractivity (Wildman–Crippen MR) is 159 cm³/mol.